The maximum Gasteiger partial charge on any atom is 0.257 e. The predicted molar refractivity (Wildman–Crippen MR) is 74.0 cm³/mol. The summed E-state index contributed by atoms with van der Waals surface area (Å²) in [5.74, 6) is 6.16. The molecule has 0 spiro atoms. The van der Waals surface area contributed by atoms with Gasteiger partial charge in [-0.3, -0.25) is 10.1 Å². The maximum atomic E-state index is 12.1. The number of hydrazine groups is 1. The quantitative estimate of drug-likeness (QED) is 0.575. The van der Waals surface area contributed by atoms with Gasteiger partial charge >= 0.3 is 0 Å². The average molecular weight is 278 g/mol. The van der Waals surface area contributed by atoms with Gasteiger partial charge in [0.25, 0.3) is 5.91 Å². The van der Waals surface area contributed by atoms with E-state index in [2.05, 4.69) is 25.1 Å². The van der Waals surface area contributed by atoms with Crippen molar-refractivity contribution in [3.05, 3.63) is 29.2 Å². The van der Waals surface area contributed by atoms with Crippen LogP contribution < -0.4 is 16.6 Å². The van der Waals surface area contributed by atoms with E-state index in [1.807, 2.05) is 6.92 Å². The molecule has 2 aromatic heterocycles. The van der Waals surface area contributed by atoms with Crippen LogP contribution in [0.2, 0.25) is 0 Å². The summed E-state index contributed by atoms with van der Waals surface area (Å²) in [7, 11) is 0. The molecule has 2 aromatic rings. The van der Waals surface area contributed by atoms with Crippen LogP contribution in [-0.2, 0) is 6.42 Å². The van der Waals surface area contributed by atoms with Crippen molar-refractivity contribution in [1.29, 1.82) is 0 Å². The lowest BCUT2D eigenvalue weighted by molar-refractivity contribution is 0.102. The Morgan fingerprint density at radius 3 is 2.79 bits per heavy atom. The standard InChI is InChI=1S/C11H14N6OS/c1-3-8-4-7(5-9(14-8)16-12)10(18)15-11-13-6(2)17-19-11/h4-5H,3,12H2,1-2H3,(H,14,16)(H,13,15,17,18). The van der Waals surface area contributed by atoms with Crippen molar-refractivity contribution in [3.63, 3.8) is 0 Å². The first-order valence-electron chi connectivity index (χ1n) is 5.71. The molecule has 2 rings (SSSR count). The van der Waals surface area contributed by atoms with E-state index < -0.39 is 0 Å². The molecule has 0 radical (unpaired) electrons. The molecule has 0 unspecified atom stereocenters. The predicted octanol–water partition coefficient (Wildman–Crippen LogP) is 1.34. The summed E-state index contributed by atoms with van der Waals surface area (Å²) in [6.45, 7) is 3.72. The molecule has 4 N–H and O–H groups in total. The fourth-order valence-electron chi connectivity index (χ4n) is 1.49. The van der Waals surface area contributed by atoms with Crippen LogP contribution in [0.3, 0.4) is 0 Å². The number of aromatic nitrogens is 3. The topological polar surface area (TPSA) is 106 Å². The van der Waals surface area contributed by atoms with Crippen LogP contribution in [0.15, 0.2) is 12.1 Å². The first-order valence-corrected chi connectivity index (χ1v) is 6.49. The van der Waals surface area contributed by atoms with E-state index in [1.54, 1.807) is 19.1 Å². The van der Waals surface area contributed by atoms with Crippen LogP contribution in [0.4, 0.5) is 10.9 Å². The summed E-state index contributed by atoms with van der Waals surface area (Å²) in [5.41, 5.74) is 3.71. The minimum absolute atomic E-state index is 0.259. The van der Waals surface area contributed by atoms with E-state index in [4.69, 9.17) is 5.84 Å². The van der Waals surface area contributed by atoms with Gasteiger partial charge in [0.2, 0.25) is 5.13 Å². The molecule has 2 heterocycles. The smallest absolute Gasteiger partial charge is 0.257 e. The zero-order chi connectivity index (χ0) is 13.8. The number of pyridine rings is 1. The molecule has 19 heavy (non-hydrogen) atoms. The Labute approximate surface area is 114 Å². The van der Waals surface area contributed by atoms with Crippen molar-refractivity contribution in [1.82, 2.24) is 14.3 Å². The number of nitrogen functional groups attached to an aromatic ring is 1. The highest BCUT2D eigenvalue weighted by molar-refractivity contribution is 7.09. The molecular weight excluding hydrogens is 264 g/mol. The van der Waals surface area contributed by atoms with Gasteiger partial charge in [0, 0.05) is 22.8 Å². The molecule has 0 saturated carbocycles. The third-order valence-electron chi connectivity index (χ3n) is 2.40. The van der Waals surface area contributed by atoms with E-state index in [0.717, 1.165) is 17.2 Å². The second-order valence-corrected chi connectivity index (χ2v) is 4.58. The minimum atomic E-state index is -0.259. The first-order chi connectivity index (χ1) is 9.12. The summed E-state index contributed by atoms with van der Waals surface area (Å²) in [5, 5.41) is 3.16. The summed E-state index contributed by atoms with van der Waals surface area (Å²) >= 11 is 1.14. The molecule has 0 bridgehead atoms. The number of amides is 1. The van der Waals surface area contributed by atoms with Crippen LogP contribution in [0, 0.1) is 6.92 Å². The third kappa shape index (κ3) is 3.24. The number of carbonyl (C=O) groups excluding carboxylic acids is 1. The van der Waals surface area contributed by atoms with Gasteiger partial charge in [-0.1, -0.05) is 6.92 Å². The van der Waals surface area contributed by atoms with Crippen LogP contribution in [0.5, 0.6) is 0 Å². The summed E-state index contributed by atoms with van der Waals surface area (Å²) < 4.78 is 4.00. The molecule has 0 atom stereocenters. The number of carbonyl (C=O) groups is 1. The van der Waals surface area contributed by atoms with E-state index in [1.165, 1.54) is 0 Å². The third-order valence-corrected chi connectivity index (χ3v) is 3.12. The number of anilines is 2. The highest BCUT2D eigenvalue weighted by Crippen LogP contribution is 2.15. The lowest BCUT2D eigenvalue weighted by Gasteiger charge is -2.06. The number of nitrogens with two attached hydrogens (primary N) is 1. The van der Waals surface area contributed by atoms with Gasteiger partial charge in [-0.2, -0.15) is 4.37 Å². The lowest BCUT2D eigenvalue weighted by Crippen LogP contribution is -2.15. The van der Waals surface area contributed by atoms with E-state index in [-0.39, 0.29) is 5.91 Å². The van der Waals surface area contributed by atoms with E-state index >= 15 is 0 Å². The van der Waals surface area contributed by atoms with E-state index in [0.29, 0.717) is 28.8 Å². The van der Waals surface area contributed by atoms with Gasteiger partial charge in [-0.25, -0.2) is 15.8 Å². The van der Waals surface area contributed by atoms with Crippen LogP contribution in [0.25, 0.3) is 0 Å². The van der Waals surface area contributed by atoms with Crippen molar-refractivity contribution in [3.8, 4) is 0 Å². The molecule has 7 nitrogen and oxygen atoms in total. The van der Waals surface area contributed by atoms with Gasteiger partial charge < -0.3 is 5.43 Å². The molecule has 0 fully saturated rings. The van der Waals surface area contributed by atoms with Gasteiger partial charge in [-0.15, -0.1) is 0 Å². The highest BCUT2D eigenvalue weighted by Gasteiger charge is 2.11. The van der Waals surface area contributed by atoms with Gasteiger partial charge in [0.15, 0.2) is 0 Å². The second-order valence-electron chi connectivity index (χ2n) is 3.83. The Bertz CT molecular complexity index is 574. The Balaban J connectivity index is 2.22. The van der Waals surface area contributed by atoms with E-state index in [9.17, 15) is 4.79 Å². The average Bonchev–Trinajstić information content (AvgIpc) is 2.83. The summed E-state index contributed by atoms with van der Waals surface area (Å²) in [4.78, 5) is 20.4. The molecule has 0 aliphatic carbocycles. The monoisotopic (exact) mass is 278 g/mol. The first kappa shape index (κ1) is 13.4. The zero-order valence-corrected chi connectivity index (χ0v) is 11.4. The maximum absolute atomic E-state index is 12.1. The highest BCUT2D eigenvalue weighted by atomic mass is 32.1. The molecule has 100 valence electrons. The Morgan fingerprint density at radius 2 is 2.21 bits per heavy atom. The van der Waals surface area contributed by atoms with Crippen LogP contribution >= 0.6 is 11.5 Å². The molecule has 8 heteroatoms. The Hall–Kier alpha value is -2.06. The summed E-state index contributed by atoms with van der Waals surface area (Å²) in [6, 6.07) is 3.31. The molecule has 1 amide bonds. The number of nitrogens with one attached hydrogen (secondary N) is 2. The van der Waals surface area contributed by atoms with Crippen LogP contribution in [-0.4, -0.2) is 20.2 Å². The second kappa shape index (κ2) is 5.72. The van der Waals surface area contributed by atoms with Gasteiger partial charge in [0.05, 0.1) is 0 Å². The minimum Gasteiger partial charge on any atom is -0.308 e. The molecule has 0 aromatic carbocycles. The molecule has 0 aliphatic heterocycles. The fourth-order valence-corrected chi connectivity index (χ4v) is 2.06. The Kier molecular flexibility index (Phi) is 4.03. The van der Waals surface area contributed by atoms with Crippen molar-refractivity contribution in [2.75, 3.05) is 10.7 Å². The van der Waals surface area contributed by atoms with Crippen LogP contribution in [0.1, 0.15) is 28.8 Å². The fraction of sp³-hybridized carbons (Fsp3) is 0.273. The Morgan fingerprint density at radius 1 is 1.42 bits per heavy atom. The van der Waals surface area contributed by atoms with Crippen molar-refractivity contribution >= 4 is 28.4 Å². The summed E-state index contributed by atoms with van der Waals surface area (Å²) in [6.07, 6.45) is 0.716. The largest absolute Gasteiger partial charge is 0.308 e. The van der Waals surface area contributed by atoms with Gasteiger partial charge in [0.1, 0.15) is 11.6 Å². The van der Waals surface area contributed by atoms with Crippen molar-refractivity contribution in [2.45, 2.75) is 20.3 Å². The number of hydrogen-bond donors (Lipinski definition) is 3. The van der Waals surface area contributed by atoms with Gasteiger partial charge in [-0.05, 0) is 25.5 Å². The molecule has 0 saturated heterocycles. The molecule has 0 aliphatic rings. The number of rotatable bonds is 4. The number of nitrogens with zero attached hydrogens (tertiary/aromatic N) is 3. The normalized spacial score (nSPS) is 10.3. The number of hydrogen-bond acceptors (Lipinski definition) is 7. The zero-order valence-electron chi connectivity index (χ0n) is 10.6. The number of aryl methyl sites for hydroxylation is 2. The lowest BCUT2D eigenvalue weighted by atomic mass is 10.2. The SMILES string of the molecule is CCc1cc(C(=O)Nc2nc(C)ns2)cc(NN)n1. The van der Waals surface area contributed by atoms with Crippen molar-refractivity contribution in [2.24, 2.45) is 5.84 Å². The van der Waals surface area contributed by atoms with Crippen molar-refractivity contribution < 1.29 is 4.79 Å². The molecular formula is C11H14N6OS.